The number of carbonyl (C=O) groups is 1. The number of aromatic nitrogens is 5. The minimum absolute atomic E-state index is 0.178. The molecule has 1 N–H and O–H groups in total. The van der Waals surface area contributed by atoms with Gasteiger partial charge in [-0.05, 0) is 25.5 Å². The molecule has 4 aromatic rings. The molecule has 0 spiro atoms. The number of aryl methyl sites for hydroxylation is 1. The highest BCUT2D eigenvalue weighted by atomic mass is 35.5. The first-order chi connectivity index (χ1) is 16.9. The van der Waals surface area contributed by atoms with Crippen molar-refractivity contribution >= 4 is 50.3 Å². The van der Waals surface area contributed by atoms with Crippen LogP contribution in [-0.4, -0.2) is 64.2 Å². The van der Waals surface area contributed by atoms with Gasteiger partial charge in [-0.15, -0.1) is 0 Å². The zero-order chi connectivity index (χ0) is 24.5. The van der Waals surface area contributed by atoms with Crippen LogP contribution in [0.5, 0.6) is 5.75 Å². The van der Waals surface area contributed by atoms with Gasteiger partial charge in [0.15, 0.2) is 9.96 Å². The van der Waals surface area contributed by atoms with Gasteiger partial charge in [0.25, 0.3) is 5.91 Å². The Morgan fingerprint density at radius 3 is 2.77 bits per heavy atom. The van der Waals surface area contributed by atoms with Crippen molar-refractivity contribution in [1.29, 1.82) is 0 Å². The number of halogens is 1. The molecule has 180 valence electrons. The summed E-state index contributed by atoms with van der Waals surface area (Å²) in [7, 11) is 3.25. The van der Waals surface area contributed by atoms with Gasteiger partial charge < -0.3 is 14.4 Å². The molecule has 0 aromatic carbocycles. The fourth-order valence-corrected chi connectivity index (χ4v) is 4.91. The third-order valence-corrected chi connectivity index (χ3v) is 6.84. The minimum atomic E-state index is -0.364. The minimum Gasteiger partial charge on any atom is -0.494 e. The number of ether oxygens (including phenoxy) is 2. The second-order valence-corrected chi connectivity index (χ2v) is 9.37. The fraction of sp³-hybridized carbons (Fsp3) is 0.304. The van der Waals surface area contributed by atoms with E-state index in [2.05, 4.69) is 35.1 Å². The van der Waals surface area contributed by atoms with E-state index >= 15 is 0 Å². The molecular weight excluding hydrogens is 490 g/mol. The van der Waals surface area contributed by atoms with Crippen LogP contribution in [0.1, 0.15) is 22.5 Å². The molecule has 12 heteroatoms. The van der Waals surface area contributed by atoms with Crippen molar-refractivity contribution in [1.82, 2.24) is 24.9 Å². The Bertz CT molecular complexity index is 1410. The van der Waals surface area contributed by atoms with E-state index in [1.54, 1.807) is 19.4 Å². The van der Waals surface area contributed by atoms with Gasteiger partial charge in [0.05, 0.1) is 31.2 Å². The number of nitrogens with zero attached hydrogens (tertiary/aromatic N) is 6. The number of methoxy groups -OCH3 is 2. The summed E-state index contributed by atoms with van der Waals surface area (Å²) in [5.41, 5.74) is 2.97. The molecule has 35 heavy (non-hydrogen) atoms. The predicted molar refractivity (Wildman–Crippen MR) is 135 cm³/mol. The van der Waals surface area contributed by atoms with Crippen molar-refractivity contribution < 1.29 is 14.3 Å². The number of amides is 1. The Morgan fingerprint density at radius 2 is 2.00 bits per heavy atom. The lowest BCUT2D eigenvalue weighted by atomic mass is 10.0. The Balaban J connectivity index is 1.43. The first-order valence-electron chi connectivity index (χ1n) is 10.8. The number of carbonyl (C=O) groups excluding carboxylic acids is 1. The number of thiazole rings is 1. The Kier molecular flexibility index (Phi) is 6.46. The lowest BCUT2D eigenvalue weighted by molar-refractivity contribution is 0.102. The number of hydrogen-bond donors (Lipinski definition) is 1. The molecule has 10 nitrogen and oxygen atoms in total. The van der Waals surface area contributed by atoms with Crippen molar-refractivity contribution in [2.75, 3.05) is 37.5 Å². The van der Waals surface area contributed by atoms with Crippen molar-refractivity contribution in [2.24, 2.45) is 0 Å². The third kappa shape index (κ3) is 4.75. The normalized spacial score (nSPS) is 15.5. The summed E-state index contributed by atoms with van der Waals surface area (Å²) in [6.07, 6.45) is 5.83. The van der Waals surface area contributed by atoms with E-state index in [0.717, 1.165) is 25.2 Å². The molecule has 1 atom stereocenters. The standard InChI is InChI=1S/C23H22ClN7O3S/c1-12-6-14(15-7-19(24)26-10-18(15)34-3)16(8-25-12)20(32)29-23-28-17-9-27-22(30-21(17)35-23)31-5-4-13(11-31)33-2/h6-10,13H,4-5,11H2,1-3H3,(H,28,29,32). The molecule has 1 aliphatic rings. The molecule has 1 fully saturated rings. The first kappa shape index (κ1) is 23.3. The van der Waals surface area contributed by atoms with Gasteiger partial charge in [-0.1, -0.05) is 22.9 Å². The van der Waals surface area contributed by atoms with Crippen molar-refractivity contribution in [3.8, 4) is 16.9 Å². The fourth-order valence-electron chi connectivity index (χ4n) is 3.95. The molecule has 0 aliphatic carbocycles. The van der Waals surface area contributed by atoms with Crippen LogP contribution in [0, 0.1) is 6.92 Å². The Hall–Kier alpha value is -3.41. The van der Waals surface area contributed by atoms with Crippen LogP contribution >= 0.6 is 22.9 Å². The summed E-state index contributed by atoms with van der Waals surface area (Å²) in [5.74, 6) is 0.761. The van der Waals surface area contributed by atoms with Crippen molar-refractivity contribution in [3.05, 3.63) is 47.1 Å². The van der Waals surface area contributed by atoms with Crippen LogP contribution < -0.4 is 15.0 Å². The van der Waals surface area contributed by atoms with Crippen molar-refractivity contribution in [2.45, 2.75) is 19.4 Å². The first-order valence-corrected chi connectivity index (χ1v) is 12.0. The number of fused-ring (bicyclic) bond motifs is 1. The smallest absolute Gasteiger partial charge is 0.259 e. The molecule has 0 radical (unpaired) electrons. The van der Waals surface area contributed by atoms with E-state index in [9.17, 15) is 4.79 Å². The van der Waals surface area contributed by atoms with E-state index in [4.69, 9.17) is 21.1 Å². The van der Waals surface area contributed by atoms with Gasteiger partial charge in [0, 0.05) is 43.2 Å². The molecule has 1 saturated heterocycles. The summed E-state index contributed by atoms with van der Waals surface area (Å²) in [6.45, 7) is 3.42. The van der Waals surface area contributed by atoms with Crippen LogP contribution in [0.15, 0.2) is 30.7 Å². The summed E-state index contributed by atoms with van der Waals surface area (Å²) in [4.78, 5) is 38.0. The van der Waals surface area contributed by atoms with Gasteiger partial charge in [-0.3, -0.25) is 15.1 Å². The largest absolute Gasteiger partial charge is 0.494 e. The van der Waals surface area contributed by atoms with E-state index in [1.807, 2.05) is 13.0 Å². The number of anilines is 2. The average molecular weight is 512 g/mol. The van der Waals surface area contributed by atoms with Crippen LogP contribution in [-0.2, 0) is 4.74 Å². The molecule has 5 heterocycles. The number of pyridine rings is 2. The lowest BCUT2D eigenvalue weighted by Crippen LogP contribution is -2.23. The maximum atomic E-state index is 13.3. The van der Waals surface area contributed by atoms with Crippen LogP contribution in [0.2, 0.25) is 5.15 Å². The third-order valence-electron chi connectivity index (χ3n) is 5.75. The molecule has 1 aliphatic heterocycles. The highest BCUT2D eigenvalue weighted by Gasteiger charge is 2.25. The molecule has 5 rings (SSSR count). The van der Waals surface area contributed by atoms with Crippen LogP contribution in [0.3, 0.4) is 0 Å². The van der Waals surface area contributed by atoms with Crippen molar-refractivity contribution in [3.63, 3.8) is 0 Å². The average Bonchev–Trinajstić information content (AvgIpc) is 3.50. The molecule has 4 aromatic heterocycles. The monoisotopic (exact) mass is 511 g/mol. The van der Waals surface area contributed by atoms with Crippen LogP contribution in [0.4, 0.5) is 11.1 Å². The second kappa shape index (κ2) is 9.68. The topological polar surface area (TPSA) is 115 Å². The molecule has 0 saturated carbocycles. The van der Waals surface area contributed by atoms with E-state index in [0.29, 0.717) is 43.9 Å². The predicted octanol–water partition coefficient (Wildman–Crippen LogP) is 3.99. The number of nitrogens with one attached hydrogen (secondary N) is 1. The number of hydrogen-bond acceptors (Lipinski definition) is 10. The van der Waals surface area contributed by atoms with Gasteiger partial charge in [-0.2, -0.15) is 4.98 Å². The summed E-state index contributed by atoms with van der Waals surface area (Å²) < 4.78 is 10.9. The SMILES string of the molecule is COc1cnc(Cl)cc1-c1cc(C)ncc1C(=O)Nc1nc2cnc(N3CCC(OC)C3)nc2s1. The Labute approximate surface area is 210 Å². The van der Waals surface area contributed by atoms with Gasteiger partial charge in [0.2, 0.25) is 5.95 Å². The van der Waals surface area contributed by atoms with E-state index in [1.165, 1.54) is 30.8 Å². The quantitative estimate of drug-likeness (QED) is 0.383. The molecule has 1 amide bonds. The maximum Gasteiger partial charge on any atom is 0.259 e. The van der Waals surface area contributed by atoms with Gasteiger partial charge in [0.1, 0.15) is 16.4 Å². The molecular formula is C23H22ClN7O3S. The van der Waals surface area contributed by atoms with Crippen LogP contribution in [0.25, 0.3) is 21.5 Å². The number of rotatable bonds is 6. The van der Waals surface area contributed by atoms with Gasteiger partial charge >= 0.3 is 0 Å². The van der Waals surface area contributed by atoms with E-state index in [-0.39, 0.29) is 17.2 Å². The highest BCUT2D eigenvalue weighted by molar-refractivity contribution is 7.22. The van der Waals surface area contributed by atoms with E-state index < -0.39 is 0 Å². The summed E-state index contributed by atoms with van der Waals surface area (Å²) >= 11 is 7.42. The summed E-state index contributed by atoms with van der Waals surface area (Å²) in [5, 5.41) is 3.58. The Morgan fingerprint density at radius 1 is 1.14 bits per heavy atom. The summed E-state index contributed by atoms with van der Waals surface area (Å²) in [6, 6.07) is 3.47. The second-order valence-electron chi connectivity index (χ2n) is 8.00. The lowest BCUT2D eigenvalue weighted by Gasteiger charge is -2.15. The molecule has 0 bridgehead atoms. The highest BCUT2D eigenvalue weighted by Crippen LogP contribution is 2.34. The maximum absolute atomic E-state index is 13.3. The zero-order valence-corrected chi connectivity index (χ0v) is 20.9. The zero-order valence-electron chi connectivity index (χ0n) is 19.3. The van der Waals surface area contributed by atoms with Gasteiger partial charge in [-0.25, -0.2) is 15.0 Å². The molecule has 1 unspecified atom stereocenters.